The summed E-state index contributed by atoms with van der Waals surface area (Å²) in [5.41, 5.74) is -2.00. The van der Waals surface area contributed by atoms with Gasteiger partial charge in [-0.2, -0.15) is 23.0 Å². The molecule has 0 aliphatic heterocycles. The van der Waals surface area contributed by atoms with Gasteiger partial charge in [0.15, 0.2) is 0 Å². The number of hydrogen-bond acceptors (Lipinski definition) is 4. The molecular weight excluding hydrogens is 468 g/mol. The Hall–Kier alpha value is -3.24. The second kappa shape index (κ2) is 8.27. The Morgan fingerprint density at radius 1 is 1.15 bits per heavy atom. The normalized spacial score (nSPS) is 18.9. The number of carboxylic acids is 1. The number of rotatable bonds is 3. The third-order valence-corrected chi connectivity index (χ3v) is 5.83. The fraction of sp³-hybridized carbons (Fsp3) is 0.227. The lowest BCUT2D eigenvalue weighted by atomic mass is 9.85. The molecule has 0 fully saturated rings. The maximum Gasteiger partial charge on any atom is 0.417 e. The first-order valence-corrected chi connectivity index (χ1v) is 10.1. The molecule has 172 valence electrons. The molecule has 1 aliphatic carbocycles. The predicted molar refractivity (Wildman–Crippen MR) is 110 cm³/mol. The average molecular weight is 483 g/mol. The number of aliphatic hydroxyl groups excluding tert-OH is 1. The SMILES string of the molecule is O=C(O)[C@H]1CCC(c2nn(C(=O)c3c(Cl)cccc3C(F)(F)F)c3cccc(F)c23)=C[C@@H]1O. The van der Waals surface area contributed by atoms with Crippen molar-refractivity contribution in [3.05, 3.63) is 70.1 Å². The number of halogens is 5. The molecule has 1 aromatic heterocycles. The second-order valence-corrected chi connectivity index (χ2v) is 7.93. The van der Waals surface area contributed by atoms with E-state index in [4.69, 9.17) is 11.6 Å². The first-order chi connectivity index (χ1) is 15.5. The number of aromatic nitrogens is 2. The molecule has 2 aromatic carbocycles. The number of hydrogen-bond donors (Lipinski definition) is 2. The van der Waals surface area contributed by atoms with E-state index >= 15 is 0 Å². The van der Waals surface area contributed by atoms with Gasteiger partial charge >= 0.3 is 12.1 Å². The number of carboxylic acid groups (broad SMARTS) is 1. The van der Waals surface area contributed by atoms with Gasteiger partial charge in [0, 0.05) is 0 Å². The minimum Gasteiger partial charge on any atom is -0.481 e. The molecule has 3 aromatic rings. The van der Waals surface area contributed by atoms with Gasteiger partial charge in [-0.1, -0.05) is 23.7 Å². The Morgan fingerprint density at radius 3 is 2.48 bits per heavy atom. The Morgan fingerprint density at radius 2 is 1.85 bits per heavy atom. The lowest BCUT2D eigenvalue weighted by Gasteiger charge is -2.23. The molecule has 2 N–H and O–H groups in total. The van der Waals surface area contributed by atoms with E-state index in [9.17, 15) is 37.4 Å². The molecule has 4 rings (SSSR count). The van der Waals surface area contributed by atoms with E-state index in [2.05, 4.69) is 5.10 Å². The van der Waals surface area contributed by atoms with E-state index in [1.165, 1.54) is 18.2 Å². The van der Waals surface area contributed by atoms with Gasteiger partial charge in [0.05, 0.1) is 44.8 Å². The Kier molecular flexibility index (Phi) is 5.75. The summed E-state index contributed by atoms with van der Waals surface area (Å²) in [6, 6.07) is 6.58. The Labute approximate surface area is 188 Å². The number of allylic oxidation sites excluding steroid dienone is 1. The first-order valence-electron chi connectivity index (χ1n) is 9.70. The van der Waals surface area contributed by atoms with Gasteiger partial charge < -0.3 is 10.2 Å². The summed E-state index contributed by atoms with van der Waals surface area (Å²) in [5, 5.41) is 22.9. The highest BCUT2D eigenvalue weighted by Gasteiger charge is 2.38. The summed E-state index contributed by atoms with van der Waals surface area (Å²) in [6.07, 6.45) is -4.92. The highest BCUT2D eigenvalue weighted by molar-refractivity contribution is 6.34. The van der Waals surface area contributed by atoms with Gasteiger partial charge in [-0.05, 0) is 48.8 Å². The number of alkyl halides is 3. The van der Waals surface area contributed by atoms with Crippen molar-refractivity contribution in [1.29, 1.82) is 0 Å². The molecule has 0 radical (unpaired) electrons. The second-order valence-electron chi connectivity index (χ2n) is 7.53. The molecule has 11 heteroatoms. The molecule has 6 nitrogen and oxygen atoms in total. The topological polar surface area (TPSA) is 92.4 Å². The third-order valence-electron chi connectivity index (χ3n) is 5.51. The maximum absolute atomic E-state index is 14.8. The summed E-state index contributed by atoms with van der Waals surface area (Å²) in [5.74, 6) is -4.26. The van der Waals surface area contributed by atoms with Crippen LogP contribution in [0.25, 0.3) is 16.5 Å². The van der Waals surface area contributed by atoms with Crippen molar-refractivity contribution in [1.82, 2.24) is 9.78 Å². The van der Waals surface area contributed by atoms with Crippen LogP contribution in [-0.2, 0) is 11.0 Å². The number of aliphatic hydroxyl groups is 1. The van der Waals surface area contributed by atoms with Crippen molar-refractivity contribution in [3.63, 3.8) is 0 Å². The number of aliphatic carboxylic acids is 1. The molecule has 0 saturated carbocycles. The van der Waals surface area contributed by atoms with Gasteiger partial charge in [-0.3, -0.25) is 9.59 Å². The van der Waals surface area contributed by atoms with Crippen molar-refractivity contribution >= 4 is 40.0 Å². The van der Waals surface area contributed by atoms with Crippen LogP contribution in [-0.4, -0.2) is 38.0 Å². The van der Waals surface area contributed by atoms with Crippen LogP contribution < -0.4 is 0 Å². The van der Waals surface area contributed by atoms with Crippen LogP contribution in [0.1, 0.15) is 34.5 Å². The molecular formula is C22H15ClF4N2O4. The largest absolute Gasteiger partial charge is 0.481 e. The van der Waals surface area contributed by atoms with Gasteiger partial charge in [-0.15, -0.1) is 0 Å². The average Bonchev–Trinajstić information content (AvgIpc) is 3.13. The minimum absolute atomic E-state index is 0.0296. The van der Waals surface area contributed by atoms with E-state index in [1.807, 2.05) is 0 Å². The Balaban J connectivity index is 1.91. The van der Waals surface area contributed by atoms with Crippen molar-refractivity contribution in [3.8, 4) is 0 Å². The number of carbonyl (C=O) groups excluding carboxylic acids is 1. The van der Waals surface area contributed by atoms with E-state index in [1.54, 1.807) is 0 Å². The molecule has 2 atom stereocenters. The standard InChI is InChI=1S/C22H15ClF4N2O4/c23-13-4-1-3-12(22(25,26)27)17(13)20(31)29-15-6-2-5-14(24)18(15)19(28-29)10-7-8-11(21(32)33)16(30)9-10/h1-6,9,11,16,30H,7-8H2,(H,32,33)/t11-,16-/m0/s1. The van der Waals surface area contributed by atoms with Crippen LogP contribution in [0.5, 0.6) is 0 Å². The molecule has 0 amide bonds. The molecule has 0 bridgehead atoms. The third kappa shape index (κ3) is 4.00. The van der Waals surface area contributed by atoms with Crippen LogP contribution >= 0.6 is 11.6 Å². The fourth-order valence-corrected chi connectivity index (χ4v) is 4.20. The van der Waals surface area contributed by atoms with Crippen LogP contribution in [0.15, 0.2) is 42.5 Å². The maximum atomic E-state index is 14.8. The van der Waals surface area contributed by atoms with E-state index in [0.29, 0.717) is 10.7 Å². The summed E-state index contributed by atoms with van der Waals surface area (Å²) >= 11 is 5.95. The molecule has 1 aliphatic rings. The van der Waals surface area contributed by atoms with Gasteiger partial charge in [0.2, 0.25) is 0 Å². The smallest absolute Gasteiger partial charge is 0.417 e. The summed E-state index contributed by atoms with van der Waals surface area (Å²) < 4.78 is 56.0. The van der Waals surface area contributed by atoms with Crippen LogP contribution in [0.4, 0.5) is 17.6 Å². The molecule has 33 heavy (non-hydrogen) atoms. The zero-order valence-corrected chi connectivity index (χ0v) is 17.4. The lowest BCUT2D eigenvalue weighted by molar-refractivity contribution is -0.145. The highest BCUT2D eigenvalue weighted by Crippen LogP contribution is 2.38. The quantitative estimate of drug-likeness (QED) is 0.524. The fourth-order valence-electron chi connectivity index (χ4n) is 3.95. The van der Waals surface area contributed by atoms with Crippen molar-refractivity contribution in [2.75, 3.05) is 0 Å². The van der Waals surface area contributed by atoms with Crippen molar-refractivity contribution in [2.24, 2.45) is 5.92 Å². The van der Waals surface area contributed by atoms with Crippen LogP contribution in [0.3, 0.4) is 0 Å². The van der Waals surface area contributed by atoms with Crippen LogP contribution in [0, 0.1) is 11.7 Å². The zero-order chi connectivity index (χ0) is 24.1. The van der Waals surface area contributed by atoms with Gasteiger partial charge in [0.25, 0.3) is 5.91 Å². The molecule has 0 spiro atoms. The summed E-state index contributed by atoms with van der Waals surface area (Å²) in [4.78, 5) is 24.5. The number of benzene rings is 2. The van der Waals surface area contributed by atoms with Gasteiger partial charge in [0.1, 0.15) is 5.82 Å². The minimum atomic E-state index is -4.88. The van der Waals surface area contributed by atoms with Crippen molar-refractivity contribution in [2.45, 2.75) is 25.1 Å². The number of fused-ring (bicyclic) bond motifs is 1. The van der Waals surface area contributed by atoms with E-state index in [0.717, 1.165) is 18.2 Å². The zero-order valence-electron chi connectivity index (χ0n) is 16.6. The summed E-state index contributed by atoms with van der Waals surface area (Å²) in [7, 11) is 0. The Bertz CT molecular complexity index is 1320. The van der Waals surface area contributed by atoms with E-state index in [-0.39, 0.29) is 35.0 Å². The van der Waals surface area contributed by atoms with Gasteiger partial charge in [-0.25, -0.2) is 4.39 Å². The lowest BCUT2D eigenvalue weighted by Crippen LogP contribution is -2.29. The van der Waals surface area contributed by atoms with Crippen LogP contribution in [0.2, 0.25) is 5.02 Å². The molecule has 0 unspecified atom stereocenters. The number of nitrogens with zero attached hydrogens (tertiary/aromatic N) is 2. The summed E-state index contributed by atoms with van der Waals surface area (Å²) in [6.45, 7) is 0. The molecule has 1 heterocycles. The predicted octanol–water partition coefficient (Wildman–Crippen LogP) is 4.78. The van der Waals surface area contributed by atoms with Crippen molar-refractivity contribution < 1.29 is 37.4 Å². The monoisotopic (exact) mass is 482 g/mol. The van der Waals surface area contributed by atoms with E-state index < -0.39 is 52.0 Å². The first kappa shape index (κ1) is 22.9. The molecule has 0 saturated heterocycles. The number of carbonyl (C=O) groups is 2. The highest BCUT2D eigenvalue weighted by atomic mass is 35.5.